The van der Waals surface area contributed by atoms with Crippen LogP contribution in [0.4, 0.5) is 9.18 Å². The SMILES string of the molecule is CC1CC(CN2C(=O)C3CC(S(=O)(=O)NC4(C)CC4)CCC3N(CC3(F)COC3)C2=O)ON1. The van der Waals surface area contributed by atoms with E-state index in [1.54, 1.807) is 0 Å². The lowest BCUT2D eigenvalue weighted by Gasteiger charge is -2.50. The van der Waals surface area contributed by atoms with Crippen molar-refractivity contribution in [3.63, 3.8) is 0 Å². The van der Waals surface area contributed by atoms with Gasteiger partial charge in [0.25, 0.3) is 0 Å². The topological polar surface area (TPSA) is 117 Å². The van der Waals surface area contributed by atoms with Gasteiger partial charge in [0.05, 0.1) is 43.6 Å². The smallest absolute Gasteiger partial charge is 0.327 e. The number of halogens is 1. The molecule has 3 heterocycles. The van der Waals surface area contributed by atoms with Crippen molar-refractivity contribution in [2.75, 3.05) is 26.3 Å². The highest BCUT2D eigenvalue weighted by atomic mass is 32.2. The molecule has 5 unspecified atom stereocenters. The van der Waals surface area contributed by atoms with E-state index in [1.165, 1.54) is 4.90 Å². The van der Waals surface area contributed by atoms with Crippen LogP contribution in [0.1, 0.15) is 52.4 Å². The highest BCUT2D eigenvalue weighted by Gasteiger charge is 2.55. The molecule has 3 saturated heterocycles. The maximum Gasteiger partial charge on any atom is 0.327 e. The van der Waals surface area contributed by atoms with Crippen molar-refractivity contribution in [2.45, 2.75) is 87.0 Å². The van der Waals surface area contributed by atoms with Gasteiger partial charge in [0.15, 0.2) is 5.67 Å². The van der Waals surface area contributed by atoms with Crippen molar-refractivity contribution >= 4 is 22.0 Å². The number of sulfonamides is 1. The average Bonchev–Trinajstić information content (AvgIpc) is 3.30. The van der Waals surface area contributed by atoms with E-state index in [4.69, 9.17) is 9.57 Å². The first-order chi connectivity index (χ1) is 15.5. The number of nitrogens with one attached hydrogen (secondary N) is 2. The lowest BCUT2D eigenvalue weighted by Crippen LogP contribution is -2.68. The van der Waals surface area contributed by atoms with Crippen LogP contribution >= 0.6 is 0 Å². The largest absolute Gasteiger partial charge is 0.374 e. The van der Waals surface area contributed by atoms with Crippen LogP contribution in [0.25, 0.3) is 0 Å². The number of rotatable bonds is 7. The molecule has 0 spiro atoms. The number of imide groups is 1. The van der Waals surface area contributed by atoms with Gasteiger partial charge in [-0.3, -0.25) is 14.5 Å². The van der Waals surface area contributed by atoms with Gasteiger partial charge in [0.1, 0.15) is 0 Å². The third kappa shape index (κ3) is 4.52. The second-order valence-electron chi connectivity index (χ2n) is 10.8. The summed E-state index contributed by atoms with van der Waals surface area (Å²) in [7, 11) is -3.61. The Balaban J connectivity index is 1.37. The van der Waals surface area contributed by atoms with E-state index in [9.17, 15) is 22.4 Å². The first-order valence-electron chi connectivity index (χ1n) is 11.8. The van der Waals surface area contributed by atoms with E-state index in [0.717, 1.165) is 17.7 Å². The molecule has 2 N–H and O–H groups in total. The van der Waals surface area contributed by atoms with Crippen LogP contribution in [-0.4, -0.2) is 91.1 Å². The monoisotopic (exact) mass is 488 g/mol. The van der Waals surface area contributed by atoms with Crippen LogP contribution in [-0.2, 0) is 24.4 Å². The molecule has 3 amide bonds. The van der Waals surface area contributed by atoms with E-state index in [2.05, 4.69) is 10.2 Å². The molecule has 12 heteroatoms. The van der Waals surface area contributed by atoms with Crippen LogP contribution in [0.3, 0.4) is 0 Å². The number of nitrogens with zero attached hydrogens (tertiary/aromatic N) is 2. The van der Waals surface area contributed by atoms with E-state index < -0.39 is 44.5 Å². The summed E-state index contributed by atoms with van der Waals surface area (Å²) >= 11 is 0. The van der Waals surface area contributed by atoms with E-state index >= 15 is 0 Å². The third-order valence-electron chi connectivity index (χ3n) is 7.67. The molecular weight excluding hydrogens is 455 g/mol. The highest BCUT2D eigenvalue weighted by molar-refractivity contribution is 7.90. The van der Waals surface area contributed by atoms with Gasteiger partial charge in [-0.2, -0.15) is 5.48 Å². The Labute approximate surface area is 193 Å². The van der Waals surface area contributed by atoms with Crippen LogP contribution in [0.5, 0.6) is 0 Å². The second kappa shape index (κ2) is 8.11. The van der Waals surface area contributed by atoms with E-state index in [1.807, 2.05) is 13.8 Å². The molecule has 2 saturated carbocycles. The molecular formula is C21H33FN4O6S. The van der Waals surface area contributed by atoms with Crippen molar-refractivity contribution in [3.8, 4) is 0 Å². The molecule has 5 fully saturated rings. The Kier molecular flexibility index (Phi) is 5.75. The Morgan fingerprint density at radius 2 is 1.94 bits per heavy atom. The number of fused-ring (bicyclic) bond motifs is 1. The first-order valence-corrected chi connectivity index (χ1v) is 13.4. The minimum atomic E-state index is -3.61. The van der Waals surface area contributed by atoms with Crippen molar-refractivity contribution in [1.82, 2.24) is 20.0 Å². The molecule has 0 radical (unpaired) electrons. The van der Waals surface area contributed by atoms with Crippen molar-refractivity contribution in [3.05, 3.63) is 0 Å². The number of alkyl halides is 1. The van der Waals surface area contributed by atoms with Crippen molar-refractivity contribution in [2.24, 2.45) is 5.92 Å². The molecule has 5 rings (SSSR count). The maximum atomic E-state index is 15.0. The standard InChI is InChI=1S/C21H33FN4O6S/c1-13-7-14(32-23-13)9-25-18(27)16-8-15(33(29,30)24-20(2)5-6-20)3-4-17(16)26(19(25)28)10-21(22)11-31-12-21/h13-17,23-24H,3-12H2,1-2H3. The number of hydroxylamine groups is 1. The Hall–Kier alpha value is -1.34. The van der Waals surface area contributed by atoms with Gasteiger partial charge < -0.3 is 9.64 Å². The fraction of sp³-hybridized carbons (Fsp3) is 0.905. The predicted molar refractivity (Wildman–Crippen MR) is 115 cm³/mol. The van der Waals surface area contributed by atoms with Crippen molar-refractivity contribution < 1.29 is 32.0 Å². The van der Waals surface area contributed by atoms with Gasteiger partial charge in [-0.25, -0.2) is 22.3 Å². The highest BCUT2D eigenvalue weighted by Crippen LogP contribution is 2.41. The zero-order valence-electron chi connectivity index (χ0n) is 19.1. The molecule has 33 heavy (non-hydrogen) atoms. The summed E-state index contributed by atoms with van der Waals surface area (Å²) in [5, 5.41) is -0.715. The second-order valence-corrected chi connectivity index (χ2v) is 12.8. The molecule has 0 bridgehead atoms. The fourth-order valence-electron chi connectivity index (χ4n) is 5.44. The zero-order valence-corrected chi connectivity index (χ0v) is 19.9. The van der Waals surface area contributed by atoms with Crippen LogP contribution in [0, 0.1) is 5.92 Å². The average molecular weight is 489 g/mol. The molecule has 0 aromatic heterocycles. The number of carbonyl (C=O) groups excluding carboxylic acids is 2. The number of ether oxygens (including phenoxy) is 1. The quantitative estimate of drug-likeness (QED) is 0.541. The zero-order chi connectivity index (χ0) is 23.6. The normalized spacial score (nSPS) is 37.6. The molecule has 0 aromatic rings. The van der Waals surface area contributed by atoms with Crippen LogP contribution < -0.4 is 10.2 Å². The number of carbonyl (C=O) groups is 2. The third-order valence-corrected chi connectivity index (χ3v) is 9.75. The number of urea groups is 1. The molecule has 0 aromatic carbocycles. The van der Waals surface area contributed by atoms with E-state index in [0.29, 0.717) is 19.3 Å². The summed E-state index contributed by atoms with van der Waals surface area (Å²) < 4.78 is 48.9. The van der Waals surface area contributed by atoms with Crippen LogP contribution in [0.15, 0.2) is 0 Å². The molecule has 186 valence electrons. The summed E-state index contributed by atoms with van der Waals surface area (Å²) in [5.74, 6) is -1.08. The number of hydrogen-bond donors (Lipinski definition) is 2. The van der Waals surface area contributed by atoms with Gasteiger partial charge in [0, 0.05) is 17.6 Å². The van der Waals surface area contributed by atoms with Crippen LogP contribution in [0.2, 0.25) is 0 Å². The molecule has 10 nitrogen and oxygen atoms in total. The lowest BCUT2D eigenvalue weighted by atomic mass is 9.80. The summed E-state index contributed by atoms with van der Waals surface area (Å²) in [6.07, 6.45) is 2.65. The van der Waals surface area contributed by atoms with Gasteiger partial charge in [0.2, 0.25) is 15.9 Å². The Morgan fingerprint density at radius 1 is 1.21 bits per heavy atom. The Bertz CT molecular complexity index is 924. The molecule has 5 atom stereocenters. The summed E-state index contributed by atoms with van der Waals surface area (Å²) in [6, 6.07) is -0.952. The van der Waals surface area contributed by atoms with Gasteiger partial charge in [-0.05, 0) is 52.4 Å². The molecule has 5 aliphatic rings. The minimum absolute atomic E-state index is 0.0538. The van der Waals surface area contributed by atoms with Gasteiger partial charge >= 0.3 is 6.03 Å². The fourth-order valence-corrected chi connectivity index (χ4v) is 7.40. The first kappa shape index (κ1) is 23.4. The summed E-state index contributed by atoms with van der Waals surface area (Å²) in [5.41, 5.74) is 0.805. The van der Waals surface area contributed by atoms with Gasteiger partial charge in [-0.1, -0.05) is 0 Å². The lowest BCUT2D eigenvalue weighted by molar-refractivity contribution is -0.156. The summed E-state index contributed by atoms with van der Waals surface area (Å²) in [4.78, 5) is 34.9. The minimum Gasteiger partial charge on any atom is -0.374 e. The van der Waals surface area contributed by atoms with E-state index in [-0.39, 0.29) is 50.8 Å². The van der Waals surface area contributed by atoms with Gasteiger partial charge in [-0.15, -0.1) is 0 Å². The summed E-state index contributed by atoms with van der Waals surface area (Å²) in [6.45, 7) is 3.53. The predicted octanol–water partition coefficient (Wildman–Crippen LogP) is 0.680. The molecule has 3 aliphatic heterocycles. The van der Waals surface area contributed by atoms with Crippen molar-refractivity contribution in [1.29, 1.82) is 0 Å². The molecule has 2 aliphatic carbocycles. The number of amides is 3. The number of hydrogen-bond acceptors (Lipinski definition) is 7. The Morgan fingerprint density at radius 3 is 2.52 bits per heavy atom. The maximum absolute atomic E-state index is 15.0.